The van der Waals surface area contributed by atoms with E-state index < -0.39 is 17.9 Å². The normalized spacial score (nSPS) is 12.9. The Morgan fingerprint density at radius 1 is 1.19 bits per heavy atom. The van der Waals surface area contributed by atoms with E-state index in [0.29, 0.717) is 6.54 Å². The molecule has 0 saturated carbocycles. The van der Waals surface area contributed by atoms with Gasteiger partial charge in [0.15, 0.2) is 5.69 Å². The Hall–Kier alpha value is -1.87. The van der Waals surface area contributed by atoms with Crippen molar-refractivity contribution in [2.24, 2.45) is 5.92 Å². The number of anilines is 2. The molecule has 0 unspecified atom stereocenters. The average molecular weight is 433 g/mol. The van der Waals surface area contributed by atoms with Gasteiger partial charge in [0.2, 0.25) is 5.95 Å². The number of aliphatic hydroxyl groups excluding tert-OH is 1. The van der Waals surface area contributed by atoms with Crippen molar-refractivity contribution in [3.05, 3.63) is 46.1 Å². The number of nitrogens with zero attached hydrogens (tertiary/aromatic N) is 2. The van der Waals surface area contributed by atoms with Crippen LogP contribution in [-0.2, 0) is 12.7 Å². The molecule has 1 aromatic carbocycles. The molecule has 3 N–H and O–H groups in total. The number of halogens is 4. The highest BCUT2D eigenvalue weighted by molar-refractivity contribution is 9.10. The van der Waals surface area contributed by atoms with Crippen LogP contribution in [0.3, 0.4) is 0 Å². The predicted molar refractivity (Wildman–Crippen MR) is 97.8 cm³/mol. The second-order valence-corrected chi connectivity index (χ2v) is 7.04. The molecule has 0 aliphatic carbocycles. The van der Waals surface area contributed by atoms with Gasteiger partial charge in [-0.25, -0.2) is 4.98 Å². The molecule has 0 bridgehead atoms. The lowest BCUT2D eigenvalue weighted by Crippen LogP contribution is -2.30. The van der Waals surface area contributed by atoms with E-state index in [-0.39, 0.29) is 24.3 Å². The number of aliphatic hydroxyl groups is 1. The average Bonchev–Trinajstić information content (AvgIpc) is 2.57. The topological polar surface area (TPSA) is 70.1 Å². The number of hydrogen-bond acceptors (Lipinski definition) is 5. The van der Waals surface area contributed by atoms with Crippen molar-refractivity contribution in [3.8, 4) is 0 Å². The van der Waals surface area contributed by atoms with E-state index in [4.69, 9.17) is 0 Å². The molecule has 2 rings (SSSR count). The highest BCUT2D eigenvalue weighted by Gasteiger charge is 2.34. The molecule has 0 saturated heterocycles. The molecule has 0 aliphatic heterocycles. The van der Waals surface area contributed by atoms with Gasteiger partial charge in [0, 0.05) is 17.1 Å². The maximum absolute atomic E-state index is 13.1. The number of hydrogen-bond donors (Lipinski definition) is 3. The standard InChI is InChI=1S/C17H20BrF3N4O/c1-10(2)13(9-26)23-16-24-14(17(19,20)21)7-15(25-16)22-8-11-4-3-5-12(18)6-11/h3-7,10,13,26H,8-9H2,1-2H3,(H2,22,23,24,25)/t13-/m0/s1. The molecule has 0 aliphatic rings. The zero-order valence-electron chi connectivity index (χ0n) is 14.3. The zero-order valence-corrected chi connectivity index (χ0v) is 15.9. The van der Waals surface area contributed by atoms with Crippen LogP contribution in [0.25, 0.3) is 0 Å². The van der Waals surface area contributed by atoms with E-state index in [9.17, 15) is 18.3 Å². The van der Waals surface area contributed by atoms with Crippen molar-refractivity contribution in [1.82, 2.24) is 9.97 Å². The summed E-state index contributed by atoms with van der Waals surface area (Å²) in [5.74, 6) is -0.129. The summed E-state index contributed by atoms with van der Waals surface area (Å²) in [6.45, 7) is 3.75. The van der Waals surface area contributed by atoms with E-state index in [1.165, 1.54) is 0 Å². The lowest BCUT2D eigenvalue weighted by atomic mass is 10.1. The van der Waals surface area contributed by atoms with Crippen LogP contribution in [-0.4, -0.2) is 27.7 Å². The SMILES string of the molecule is CC(C)[C@H](CO)Nc1nc(NCc2cccc(Br)c2)cc(C(F)(F)F)n1. The molecule has 26 heavy (non-hydrogen) atoms. The highest BCUT2D eigenvalue weighted by Crippen LogP contribution is 2.30. The van der Waals surface area contributed by atoms with Gasteiger partial charge in [-0.05, 0) is 23.6 Å². The van der Waals surface area contributed by atoms with Crippen LogP contribution in [0.1, 0.15) is 25.1 Å². The lowest BCUT2D eigenvalue weighted by molar-refractivity contribution is -0.141. The van der Waals surface area contributed by atoms with E-state index >= 15 is 0 Å². The molecule has 5 nitrogen and oxygen atoms in total. The second kappa shape index (κ2) is 8.68. The summed E-state index contributed by atoms with van der Waals surface area (Å²) in [4.78, 5) is 7.64. The Morgan fingerprint density at radius 2 is 1.92 bits per heavy atom. The summed E-state index contributed by atoms with van der Waals surface area (Å²) >= 11 is 3.35. The van der Waals surface area contributed by atoms with Crippen LogP contribution in [0.4, 0.5) is 24.9 Å². The third-order valence-electron chi connectivity index (χ3n) is 3.70. The van der Waals surface area contributed by atoms with Crippen molar-refractivity contribution >= 4 is 27.7 Å². The minimum Gasteiger partial charge on any atom is -0.394 e. The predicted octanol–water partition coefficient (Wildman–Crippen LogP) is 4.30. The highest BCUT2D eigenvalue weighted by atomic mass is 79.9. The first-order valence-corrected chi connectivity index (χ1v) is 8.80. The van der Waals surface area contributed by atoms with Crippen molar-refractivity contribution in [3.63, 3.8) is 0 Å². The monoisotopic (exact) mass is 432 g/mol. The molecule has 0 spiro atoms. The van der Waals surface area contributed by atoms with Gasteiger partial charge < -0.3 is 15.7 Å². The van der Waals surface area contributed by atoms with Gasteiger partial charge in [-0.1, -0.05) is 41.9 Å². The molecule has 9 heteroatoms. The van der Waals surface area contributed by atoms with Gasteiger partial charge in [0.05, 0.1) is 12.6 Å². The van der Waals surface area contributed by atoms with Crippen LogP contribution in [0, 0.1) is 5.92 Å². The Kier molecular flexibility index (Phi) is 6.82. The first kappa shape index (κ1) is 20.4. The molecular formula is C17H20BrF3N4O. The number of benzene rings is 1. The molecule has 1 atom stereocenters. The van der Waals surface area contributed by atoms with Gasteiger partial charge in [0.1, 0.15) is 5.82 Å². The fraction of sp³-hybridized carbons (Fsp3) is 0.412. The summed E-state index contributed by atoms with van der Waals surface area (Å²) in [7, 11) is 0. The minimum absolute atomic E-state index is 0.00350. The molecule has 142 valence electrons. The quantitative estimate of drug-likeness (QED) is 0.608. The molecular weight excluding hydrogens is 413 g/mol. The van der Waals surface area contributed by atoms with Gasteiger partial charge in [-0.15, -0.1) is 0 Å². The van der Waals surface area contributed by atoms with Crippen LogP contribution in [0.15, 0.2) is 34.8 Å². The zero-order chi connectivity index (χ0) is 19.3. The van der Waals surface area contributed by atoms with Gasteiger partial charge in [-0.2, -0.15) is 18.2 Å². The maximum atomic E-state index is 13.1. The van der Waals surface area contributed by atoms with Gasteiger partial charge in [-0.3, -0.25) is 0 Å². The third-order valence-corrected chi connectivity index (χ3v) is 4.19. The summed E-state index contributed by atoms with van der Waals surface area (Å²) in [5, 5.41) is 15.0. The van der Waals surface area contributed by atoms with Gasteiger partial charge in [0.25, 0.3) is 0 Å². The van der Waals surface area contributed by atoms with Crippen LogP contribution >= 0.6 is 15.9 Å². The summed E-state index contributed by atoms with van der Waals surface area (Å²) < 4.78 is 40.3. The van der Waals surface area contributed by atoms with Crippen LogP contribution < -0.4 is 10.6 Å². The number of nitrogens with one attached hydrogen (secondary N) is 2. The number of rotatable bonds is 7. The van der Waals surface area contributed by atoms with Crippen molar-refractivity contribution in [2.75, 3.05) is 17.2 Å². The summed E-state index contributed by atoms with van der Waals surface area (Å²) in [6, 6.07) is 7.83. The van der Waals surface area contributed by atoms with Crippen LogP contribution in [0.2, 0.25) is 0 Å². The van der Waals surface area contributed by atoms with E-state index in [2.05, 4.69) is 36.5 Å². The molecule has 0 radical (unpaired) electrons. The molecule has 1 aromatic heterocycles. The summed E-state index contributed by atoms with van der Waals surface area (Å²) in [6.07, 6.45) is -4.60. The lowest BCUT2D eigenvalue weighted by Gasteiger charge is -2.21. The number of alkyl halides is 3. The Morgan fingerprint density at radius 3 is 2.50 bits per heavy atom. The van der Waals surface area contributed by atoms with Crippen molar-refractivity contribution < 1.29 is 18.3 Å². The number of aromatic nitrogens is 2. The molecule has 2 aromatic rings. The Balaban J connectivity index is 2.25. The van der Waals surface area contributed by atoms with Gasteiger partial charge >= 0.3 is 6.18 Å². The Labute approximate surface area is 158 Å². The fourth-order valence-corrected chi connectivity index (χ4v) is 2.62. The smallest absolute Gasteiger partial charge is 0.394 e. The van der Waals surface area contributed by atoms with Crippen molar-refractivity contribution in [1.29, 1.82) is 0 Å². The Bertz CT molecular complexity index is 740. The van der Waals surface area contributed by atoms with E-state index in [1.807, 2.05) is 38.1 Å². The largest absolute Gasteiger partial charge is 0.433 e. The molecule has 0 fully saturated rings. The first-order chi connectivity index (χ1) is 12.2. The van der Waals surface area contributed by atoms with Crippen LogP contribution in [0.5, 0.6) is 0 Å². The second-order valence-electron chi connectivity index (χ2n) is 6.12. The van der Waals surface area contributed by atoms with E-state index in [1.54, 1.807) is 0 Å². The molecule has 0 amide bonds. The fourth-order valence-electron chi connectivity index (χ4n) is 2.18. The van der Waals surface area contributed by atoms with E-state index in [0.717, 1.165) is 16.1 Å². The minimum atomic E-state index is -4.60. The summed E-state index contributed by atoms with van der Waals surface area (Å²) in [5.41, 5.74) is -0.163. The first-order valence-electron chi connectivity index (χ1n) is 8.01. The third kappa shape index (κ3) is 5.84. The maximum Gasteiger partial charge on any atom is 0.433 e. The van der Waals surface area contributed by atoms with Crippen molar-refractivity contribution in [2.45, 2.75) is 32.6 Å². The molecule has 1 heterocycles.